The van der Waals surface area contributed by atoms with Crippen molar-refractivity contribution in [1.29, 1.82) is 0 Å². The molecular formula is C23H18O2Si. The molecule has 0 amide bonds. The fourth-order valence-corrected chi connectivity index (χ4v) is 6.80. The van der Waals surface area contributed by atoms with Crippen LogP contribution in [0.25, 0.3) is 32.7 Å². The van der Waals surface area contributed by atoms with Gasteiger partial charge in [0.25, 0.3) is 0 Å². The number of hydrogen-bond donors (Lipinski definition) is 0. The molecule has 1 saturated heterocycles. The van der Waals surface area contributed by atoms with Crippen molar-refractivity contribution in [1.82, 2.24) is 0 Å². The van der Waals surface area contributed by atoms with Crippen LogP contribution in [0.15, 0.2) is 72.8 Å². The highest BCUT2D eigenvalue weighted by Gasteiger charge is 2.51. The number of fused-ring (bicyclic) bond motifs is 7. The molecule has 0 saturated carbocycles. The van der Waals surface area contributed by atoms with Crippen LogP contribution in [0.4, 0.5) is 0 Å². The SMILES string of the molecule is c1ccc2c3c(ccc2c1)O[Si]1(CCC1)Oc1ccc2ccccc2c1-3. The third-order valence-corrected chi connectivity index (χ3v) is 9.15. The van der Waals surface area contributed by atoms with E-state index in [1.807, 2.05) is 0 Å². The lowest BCUT2D eigenvalue weighted by Gasteiger charge is -2.36. The summed E-state index contributed by atoms with van der Waals surface area (Å²) in [6.07, 6.45) is 1.21. The van der Waals surface area contributed by atoms with Crippen LogP contribution in [0.1, 0.15) is 6.42 Å². The van der Waals surface area contributed by atoms with Gasteiger partial charge < -0.3 is 8.85 Å². The molecule has 0 N–H and O–H groups in total. The Morgan fingerprint density at radius 1 is 0.577 bits per heavy atom. The standard InChI is InChI=1S/C23H18O2Si/c1-3-8-18-16(6-1)10-12-20-22(18)23-19-9-4-2-7-17(19)11-13-21(23)25-26(24-20)14-5-15-26/h1-4,6-13H,5,14-15H2. The first kappa shape index (κ1) is 14.4. The summed E-state index contributed by atoms with van der Waals surface area (Å²) in [5.74, 6) is 1.98. The van der Waals surface area contributed by atoms with Gasteiger partial charge in [0.1, 0.15) is 11.5 Å². The predicted octanol–water partition coefficient (Wildman–Crippen LogP) is 6.28. The summed E-state index contributed by atoms with van der Waals surface area (Å²) in [5.41, 5.74) is 2.37. The second-order valence-electron chi connectivity index (χ2n) is 7.29. The zero-order valence-corrected chi connectivity index (χ0v) is 15.4. The second kappa shape index (κ2) is 5.12. The van der Waals surface area contributed by atoms with E-state index < -0.39 is 8.56 Å². The average molecular weight is 354 g/mol. The first-order chi connectivity index (χ1) is 12.8. The molecule has 2 heterocycles. The van der Waals surface area contributed by atoms with E-state index in [4.69, 9.17) is 8.85 Å². The van der Waals surface area contributed by atoms with Gasteiger partial charge in [0.2, 0.25) is 0 Å². The Bertz CT molecular complexity index is 1090. The van der Waals surface area contributed by atoms with Gasteiger partial charge in [0.15, 0.2) is 0 Å². The van der Waals surface area contributed by atoms with E-state index in [9.17, 15) is 0 Å². The van der Waals surface area contributed by atoms with Gasteiger partial charge in [0, 0.05) is 23.2 Å². The summed E-state index contributed by atoms with van der Waals surface area (Å²) in [4.78, 5) is 0. The van der Waals surface area contributed by atoms with Crippen LogP contribution < -0.4 is 8.85 Å². The van der Waals surface area contributed by atoms with Crippen LogP contribution in [-0.2, 0) is 0 Å². The molecule has 1 spiro atoms. The quantitative estimate of drug-likeness (QED) is 0.346. The van der Waals surface area contributed by atoms with Crippen molar-refractivity contribution in [2.75, 3.05) is 0 Å². The average Bonchev–Trinajstić information content (AvgIpc) is 2.82. The van der Waals surface area contributed by atoms with Gasteiger partial charge in [-0.05, 0) is 40.1 Å². The topological polar surface area (TPSA) is 18.5 Å². The zero-order valence-electron chi connectivity index (χ0n) is 14.4. The van der Waals surface area contributed by atoms with E-state index in [-0.39, 0.29) is 0 Å². The monoisotopic (exact) mass is 354 g/mol. The van der Waals surface area contributed by atoms with Gasteiger partial charge in [-0.1, -0.05) is 60.7 Å². The molecule has 1 fully saturated rings. The molecule has 6 rings (SSSR count). The van der Waals surface area contributed by atoms with Crippen molar-refractivity contribution < 1.29 is 8.85 Å². The summed E-state index contributed by atoms with van der Waals surface area (Å²) in [7, 11) is -2.16. The molecule has 2 aliphatic heterocycles. The molecule has 3 heteroatoms. The number of hydrogen-bond acceptors (Lipinski definition) is 2. The lowest BCUT2D eigenvalue weighted by molar-refractivity contribution is 0.358. The van der Waals surface area contributed by atoms with Gasteiger partial charge in [0.05, 0.1) is 0 Å². The molecule has 0 bridgehead atoms. The molecule has 4 aromatic rings. The van der Waals surface area contributed by atoms with E-state index in [1.54, 1.807) is 0 Å². The maximum absolute atomic E-state index is 6.64. The minimum absolute atomic E-state index is 0.991. The van der Waals surface area contributed by atoms with Gasteiger partial charge in [-0.15, -0.1) is 0 Å². The zero-order chi connectivity index (χ0) is 17.1. The molecule has 0 aromatic heterocycles. The molecule has 26 heavy (non-hydrogen) atoms. The van der Waals surface area contributed by atoms with Crippen molar-refractivity contribution in [3.05, 3.63) is 72.8 Å². The Labute approximate surface area is 153 Å². The molecule has 0 aliphatic carbocycles. The predicted molar refractivity (Wildman–Crippen MR) is 108 cm³/mol. The normalized spacial score (nSPS) is 16.9. The molecule has 4 aromatic carbocycles. The molecule has 126 valence electrons. The smallest absolute Gasteiger partial charge is 0.460 e. The van der Waals surface area contributed by atoms with Crippen LogP contribution >= 0.6 is 0 Å². The van der Waals surface area contributed by atoms with E-state index in [0.717, 1.165) is 23.6 Å². The first-order valence-corrected chi connectivity index (χ1v) is 11.5. The van der Waals surface area contributed by atoms with Crippen molar-refractivity contribution in [2.45, 2.75) is 18.5 Å². The first-order valence-electron chi connectivity index (χ1n) is 9.25. The van der Waals surface area contributed by atoms with E-state index in [2.05, 4.69) is 72.8 Å². The summed E-state index contributed by atoms with van der Waals surface area (Å²) in [6, 6.07) is 27.9. The molecule has 0 unspecified atom stereocenters. The van der Waals surface area contributed by atoms with Crippen LogP contribution in [0.5, 0.6) is 11.5 Å². The van der Waals surface area contributed by atoms with Crippen molar-refractivity contribution >= 4 is 30.1 Å². The Morgan fingerprint density at radius 3 is 1.54 bits per heavy atom. The highest BCUT2D eigenvalue weighted by Crippen LogP contribution is 2.51. The van der Waals surface area contributed by atoms with Crippen molar-refractivity contribution in [3.8, 4) is 22.6 Å². The summed E-state index contributed by atoms with van der Waals surface area (Å²) in [5, 5.41) is 4.94. The molecule has 2 aliphatic rings. The fraction of sp³-hybridized carbons (Fsp3) is 0.130. The molecular weight excluding hydrogens is 336 g/mol. The van der Waals surface area contributed by atoms with E-state index >= 15 is 0 Å². The van der Waals surface area contributed by atoms with E-state index in [0.29, 0.717) is 0 Å². The Hall–Kier alpha value is -2.78. The minimum Gasteiger partial charge on any atom is -0.511 e. The van der Waals surface area contributed by atoms with Gasteiger partial charge in [-0.3, -0.25) is 0 Å². The third-order valence-electron chi connectivity index (χ3n) is 5.74. The van der Waals surface area contributed by atoms with Crippen LogP contribution in [0.3, 0.4) is 0 Å². The van der Waals surface area contributed by atoms with Crippen LogP contribution in [0, 0.1) is 0 Å². The maximum Gasteiger partial charge on any atom is 0.460 e. The largest absolute Gasteiger partial charge is 0.511 e. The van der Waals surface area contributed by atoms with E-state index in [1.165, 1.54) is 39.1 Å². The second-order valence-corrected chi connectivity index (χ2v) is 10.5. The molecule has 0 radical (unpaired) electrons. The number of benzene rings is 4. The lowest BCUT2D eigenvalue weighted by Crippen LogP contribution is -2.53. The molecule has 2 nitrogen and oxygen atoms in total. The van der Waals surface area contributed by atoms with Crippen LogP contribution in [-0.4, -0.2) is 8.56 Å². The minimum atomic E-state index is -2.16. The lowest BCUT2D eigenvalue weighted by atomic mass is 9.92. The van der Waals surface area contributed by atoms with Gasteiger partial charge in [-0.25, -0.2) is 0 Å². The molecule has 0 atom stereocenters. The summed E-state index contributed by atoms with van der Waals surface area (Å²) >= 11 is 0. The fourth-order valence-electron chi connectivity index (χ4n) is 4.28. The maximum atomic E-state index is 6.64. The number of rotatable bonds is 0. The summed E-state index contributed by atoms with van der Waals surface area (Å²) < 4.78 is 13.3. The van der Waals surface area contributed by atoms with Gasteiger partial charge >= 0.3 is 8.56 Å². The highest BCUT2D eigenvalue weighted by molar-refractivity contribution is 6.72. The Kier molecular flexibility index (Phi) is 2.83. The van der Waals surface area contributed by atoms with Crippen molar-refractivity contribution in [3.63, 3.8) is 0 Å². The van der Waals surface area contributed by atoms with Crippen molar-refractivity contribution in [2.24, 2.45) is 0 Å². The Balaban J connectivity index is 1.79. The summed E-state index contributed by atoms with van der Waals surface area (Å²) in [6.45, 7) is 0. The highest BCUT2D eigenvalue weighted by atomic mass is 28.4. The Morgan fingerprint density at radius 2 is 1.08 bits per heavy atom. The van der Waals surface area contributed by atoms with Gasteiger partial charge in [-0.2, -0.15) is 0 Å². The van der Waals surface area contributed by atoms with Crippen LogP contribution in [0.2, 0.25) is 12.1 Å². The third kappa shape index (κ3) is 1.92.